The minimum atomic E-state index is -0.00282. The quantitative estimate of drug-likeness (QED) is 0.554. The first-order valence-corrected chi connectivity index (χ1v) is 5.13. The zero-order valence-electron chi connectivity index (χ0n) is 8.92. The highest BCUT2D eigenvalue weighted by atomic mass is 16.2. The summed E-state index contributed by atoms with van der Waals surface area (Å²) in [6.45, 7) is 6.80. The van der Waals surface area contributed by atoms with Crippen molar-refractivity contribution in [2.24, 2.45) is 5.73 Å². The van der Waals surface area contributed by atoms with Crippen molar-refractivity contribution in [1.29, 1.82) is 0 Å². The highest BCUT2D eigenvalue weighted by molar-refractivity contribution is 5.75. The molecule has 0 aromatic carbocycles. The molecule has 1 aliphatic heterocycles. The van der Waals surface area contributed by atoms with Crippen molar-refractivity contribution in [3.8, 4) is 0 Å². The van der Waals surface area contributed by atoms with Crippen molar-refractivity contribution in [1.82, 2.24) is 15.5 Å². The number of hydrogen-bond acceptors (Lipinski definition) is 3. The largest absolute Gasteiger partial charge is 0.336 e. The van der Waals surface area contributed by atoms with E-state index in [4.69, 9.17) is 5.73 Å². The van der Waals surface area contributed by atoms with Gasteiger partial charge < -0.3 is 21.3 Å². The Labute approximate surface area is 85.0 Å². The molecule has 1 unspecified atom stereocenters. The molecule has 0 aliphatic carbocycles. The third-order valence-corrected chi connectivity index (χ3v) is 2.30. The predicted molar refractivity (Wildman–Crippen MR) is 56.1 cm³/mol. The lowest BCUT2D eigenvalue weighted by Gasteiger charge is -2.35. The normalized spacial score (nSPS) is 22.6. The van der Waals surface area contributed by atoms with Crippen LogP contribution in [0.4, 0.5) is 4.79 Å². The van der Waals surface area contributed by atoms with Gasteiger partial charge in [0, 0.05) is 32.2 Å². The molecule has 0 aromatic heterocycles. The monoisotopic (exact) mass is 200 g/mol. The molecule has 0 radical (unpaired) electrons. The molecule has 1 aliphatic rings. The van der Waals surface area contributed by atoms with Crippen LogP contribution in [0.25, 0.3) is 0 Å². The van der Waals surface area contributed by atoms with E-state index in [1.54, 1.807) is 0 Å². The van der Waals surface area contributed by atoms with Crippen molar-refractivity contribution in [2.45, 2.75) is 25.9 Å². The highest BCUT2D eigenvalue weighted by Gasteiger charge is 2.25. The Morgan fingerprint density at radius 1 is 1.71 bits per heavy atom. The summed E-state index contributed by atoms with van der Waals surface area (Å²) in [5.74, 6) is 0. The number of nitrogens with zero attached hydrogens (tertiary/aromatic N) is 1. The molecule has 82 valence electrons. The summed E-state index contributed by atoms with van der Waals surface area (Å²) in [6.07, 6.45) is 0. The van der Waals surface area contributed by atoms with E-state index >= 15 is 0 Å². The van der Waals surface area contributed by atoms with Gasteiger partial charge in [-0.1, -0.05) is 0 Å². The summed E-state index contributed by atoms with van der Waals surface area (Å²) in [7, 11) is 0. The van der Waals surface area contributed by atoms with Gasteiger partial charge in [0.25, 0.3) is 0 Å². The van der Waals surface area contributed by atoms with Gasteiger partial charge in [-0.25, -0.2) is 4.79 Å². The number of nitrogens with one attached hydrogen (secondary N) is 2. The second-order valence-corrected chi connectivity index (χ2v) is 3.89. The molecule has 5 nitrogen and oxygen atoms in total. The summed E-state index contributed by atoms with van der Waals surface area (Å²) >= 11 is 0. The zero-order chi connectivity index (χ0) is 10.6. The Bertz CT molecular complexity index is 195. The molecule has 5 heteroatoms. The van der Waals surface area contributed by atoms with E-state index in [-0.39, 0.29) is 18.1 Å². The van der Waals surface area contributed by atoms with Crippen LogP contribution in [-0.2, 0) is 0 Å². The van der Waals surface area contributed by atoms with Crippen molar-refractivity contribution in [3.05, 3.63) is 0 Å². The van der Waals surface area contributed by atoms with E-state index in [0.29, 0.717) is 6.54 Å². The molecule has 0 saturated carbocycles. The Morgan fingerprint density at radius 3 is 3.00 bits per heavy atom. The lowest BCUT2D eigenvalue weighted by Crippen LogP contribution is -2.59. The van der Waals surface area contributed by atoms with Crippen molar-refractivity contribution in [3.63, 3.8) is 0 Å². The molecule has 14 heavy (non-hydrogen) atoms. The van der Waals surface area contributed by atoms with Crippen LogP contribution in [0.15, 0.2) is 0 Å². The maximum absolute atomic E-state index is 11.7. The fourth-order valence-electron chi connectivity index (χ4n) is 1.57. The van der Waals surface area contributed by atoms with Gasteiger partial charge in [0.15, 0.2) is 0 Å². The smallest absolute Gasteiger partial charge is 0.317 e. The summed E-state index contributed by atoms with van der Waals surface area (Å²) in [5, 5.41) is 6.10. The van der Waals surface area contributed by atoms with Crippen LogP contribution in [0, 0.1) is 0 Å². The zero-order valence-corrected chi connectivity index (χ0v) is 8.92. The number of carbonyl (C=O) groups is 1. The summed E-state index contributed by atoms with van der Waals surface area (Å²) in [6, 6.07) is 0.301. The molecular weight excluding hydrogens is 180 g/mol. The number of amides is 2. The molecule has 0 bridgehead atoms. The number of nitrogens with two attached hydrogens (primary N) is 1. The van der Waals surface area contributed by atoms with E-state index in [0.717, 1.165) is 19.6 Å². The van der Waals surface area contributed by atoms with Crippen LogP contribution in [0.2, 0.25) is 0 Å². The molecule has 2 amide bonds. The molecule has 1 fully saturated rings. The van der Waals surface area contributed by atoms with E-state index in [2.05, 4.69) is 10.6 Å². The van der Waals surface area contributed by atoms with Gasteiger partial charge >= 0.3 is 6.03 Å². The van der Waals surface area contributed by atoms with Gasteiger partial charge in [-0.15, -0.1) is 0 Å². The van der Waals surface area contributed by atoms with E-state index in [1.807, 2.05) is 18.7 Å². The first kappa shape index (κ1) is 11.3. The number of carbonyl (C=O) groups excluding carboxylic acids is 1. The average molecular weight is 200 g/mol. The maximum atomic E-state index is 11.7. The summed E-state index contributed by atoms with van der Waals surface area (Å²) < 4.78 is 0. The van der Waals surface area contributed by atoms with Crippen LogP contribution in [-0.4, -0.2) is 49.2 Å². The molecule has 1 rings (SSSR count). The number of hydrogen-bond donors (Lipinski definition) is 3. The van der Waals surface area contributed by atoms with Crippen LogP contribution in [0.5, 0.6) is 0 Å². The number of piperazine rings is 1. The van der Waals surface area contributed by atoms with E-state index < -0.39 is 0 Å². The summed E-state index contributed by atoms with van der Waals surface area (Å²) in [5.41, 5.74) is 5.60. The standard InChI is InChI=1S/C9H20N4O/c1-7(2)12-9(14)13-4-3-11-6-8(13)5-10/h7-8,11H,3-6,10H2,1-2H3,(H,12,14). The second kappa shape index (κ2) is 5.17. The SMILES string of the molecule is CC(C)NC(=O)N1CCNCC1CN. The molecular formula is C9H20N4O. The Balaban J connectivity index is 2.50. The van der Waals surface area contributed by atoms with Crippen LogP contribution < -0.4 is 16.4 Å². The third-order valence-electron chi connectivity index (χ3n) is 2.30. The average Bonchev–Trinajstić information content (AvgIpc) is 2.16. The van der Waals surface area contributed by atoms with Crippen molar-refractivity contribution in [2.75, 3.05) is 26.2 Å². The van der Waals surface area contributed by atoms with Crippen LogP contribution in [0.1, 0.15) is 13.8 Å². The minimum absolute atomic E-state index is 0.00282. The topological polar surface area (TPSA) is 70.4 Å². The molecule has 0 spiro atoms. The van der Waals surface area contributed by atoms with Gasteiger partial charge in [-0.3, -0.25) is 0 Å². The lowest BCUT2D eigenvalue weighted by atomic mass is 10.2. The number of rotatable bonds is 2. The first-order valence-electron chi connectivity index (χ1n) is 5.13. The highest BCUT2D eigenvalue weighted by Crippen LogP contribution is 2.02. The Morgan fingerprint density at radius 2 is 2.43 bits per heavy atom. The van der Waals surface area contributed by atoms with Crippen LogP contribution >= 0.6 is 0 Å². The van der Waals surface area contributed by atoms with Gasteiger partial charge in [0.05, 0.1) is 6.04 Å². The lowest BCUT2D eigenvalue weighted by molar-refractivity contribution is 0.158. The van der Waals surface area contributed by atoms with Gasteiger partial charge in [-0.05, 0) is 13.8 Å². The maximum Gasteiger partial charge on any atom is 0.317 e. The molecule has 4 N–H and O–H groups in total. The fraction of sp³-hybridized carbons (Fsp3) is 0.889. The molecule has 1 saturated heterocycles. The van der Waals surface area contributed by atoms with E-state index in [1.165, 1.54) is 0 Å². The second-order valence-electron chi connectivity index (χ2n) is 3.89. The molecule has 0 aromatic rings. The summed E-state index contributed by atoms with van der Waals surface area (Å²) in [4.78, 5) is 13.5. The Kier molecular flexibility index (Phi) is 4.16. The minimum Gasteiger partial charge on any atom is -0.336 e. The Hall–Kier alpha value is -0.810. The fourth-order valence-corrected chi connectivity index (χ4v) is 1.57. The van der Waals surface area contributed by atoms with Gasteiger partial charge in [0.2, 0.25) is 0 Å². The van der Waals surface area contributed by atoms with Gasteiger partial charge in [0.1, 0.15) is 0 Å². The first-order chi connectivity index (χ1) is 6.65. The van der Waals surface area contributed by atoms with Crippen molar-refractivity contribution < 1.29 is 4.79 Å². The van der Waals surface area contributed by atoms with Crippen LogP contribution in [0.3, 0.4) is 0 Å². The van der Waals surface area contributed by atoms with Gasteiger partial charge in [-0.2, -0.15) is 0 Å². The predicted octanol–water partition coefficient (Wildman–Crippen LogP) is -0.663. The molecule has 1 atom stereocenters. The van der Waals surface area contributed by atoms with Crippen molar-refractivity contribution >= 4 is 6.03 Å². The third kappa shape index (κ3) is 2.85. The van der Waals surface area contributed by atoms with E-state index in [9.17, 15) is 4.79 Å². The number of urea groups is 1. The molecule has 1 heterocycles.